The number of aliphatic hydroxyl groups is 1. The van der Waals surface area contributed by atoms with Gasteiger partial charge in [-0.25, -0.2) is 0 Å². The zero-order valence-corrected chi connectivity index (χ0v) is 10.9. The number of carboxylic acids is 1. The third-order valence-corrected chi connectivity index (χ3v) is 1.55. The summed E-state index contributed by atoms with van der Waals surface area (Å²) in [4.78, 5) is 10.0. The first-order chi connectivity index (χ1) is 5.27. The van der Waals surface area contributed by atoms with E-state index in [4.69, 9.17) is 10.2 Å². The number of hydrogen-bond acceptors (Lipinski definition) is 2. The van der Waals surface area contributed by atoms with Gasteiger partial charge in [-0.3, -0.25) is 4.79 Å². The number of carbonyl (C=O) groups is 1. The number of aliphatic carboxylic acids is 1. The number of hydrogen-bond donors (Lipinski definition) is 2. The molecule has 0 aliphatic rings. The van der Waals surface area contributed by atoms with Gasteiger partial charge in [-0.05, 0) is 12.8 Å². The first-order valence-electron chi connectivity index (χ1n) is 4.10. The van der Waals surface area contributed by atoms with Gasteiger partial charge < -0.3 is 11.6 Å². The molecule has 0 aliphatic heterocycles. The van der Waals surface area contributed by atoms with Crippen LogP contribution in [-0.4, -0.2) is 22.8 Å². The van der Waals surface area contributed by atoms with Crippen LogP contribution in [0.4, 0.5) is 0 Å². The molecule has 0 amide bonds. The molecule has 0 rings (SSSR count). The second-order valence-corrected chi connectivity index (χ2v) is 2.64. The molecule has 68 valence electrons. The van der Waals surface area contributed by atoms with Crippen LogP contribution >= 0.6 is 0 Å². The molecular formula is C8H17KO3. The van der Waals surface area contributed by atoms with E-state index in [-0.39, 0.29) is 65.8 Å². The summed E-state index contributed by atoms with van der Waals surface area (Å²) in [6.45, 7) is 0.249. The van der Waals surface area contributed by atoms with Gasteiger partial charge in [0.05, 0.1) is 0 Å². The van der Waals surface area contributed by atoms with Crippen molar-refractivity contribution in [3.05, 3.63) is 0 Å². The number of rotatable bonds is 7. The third-order valence-electron chi connectivity index (χ3n) is 1.55. The summed E-state index contributed by atoms with van der Waals surface area (Å²) in [6.07, 6.45) is 4.89. The molecule has 0 aromatic heterocycles. The molecule has 0 bridgehead atoms. The molecule has 0 aromatic rings. The smallest absolute Gasteiger partial charge is 1.00 e. The van der Waals surface area contributed by atoms with Crippen LogP contribution < -0.4 is 51.4 Å². The molecule has 12 heavy (non-hydrogen) atoms. The van der Waals surface area contributed by atoms with E-state index in [1.807, 2.05) is 0 Å². The van der Waals surface area contributed by atoms with Gasteiger partial charge in [-0.15, -0.1) is 0 Å². The molecule has 2 N–H and O–H groups in total. The van der Waals surface area contributed by atoms with E-state index >= 15 is 0 Å². The van der Waals surface area contributed by atoms with Gasteiger partial charge in [0.25, 0.3) is 0 Å². The van der Waals surface area contributed by atoms with Gasteiger partial charge in [-0.1, -0.05) is 19.3 Å². The van der Waals surface area contributed by atoms with Crippen LogP contribution in [0.3, 0.4) is 0 Å². The van der Waals surface area contributed by atoms with Crippen LogP contribution in [-0.2, 0) is 4.79 Å². The van der Waals surface area contributed by atoms with Crippen molar-refractivity contribution in [2.75, 3.05) is 6.61 Å². The Labute approximate surface area is 117 Å². The van der Waals surface area contributed by atoms with Crippen molar-refractivity contribution < 1.29 is 67.8 Å². The van der Waals surface area contributed by atoms with Gasteiger partial charge in [0.1, 0.15) is 0 Å². The van der Waals surface area contributed by atoms with E-state index in [1.54, 1.807) is 0 Å². The predicted molar refractivity (Wildman–Crippen MR) is 43.5 cm³/mol. The van der Waals surface area contributed by atoms with E-state index in [1.165, 1.54) is 0 Å². The average molecular weight is 200 g/mol. The first kappa shape index (κ1) is 15.5. The fraction of sp³-hybridized carbons (Fsp3) is 0.875. The van der Waals surface area contributed by atoms with E-state index in [2.05, 4.69) is 0 Å². The van der Waals surface area contributed by atoms with E-state index in [0.29, 0.717) is 0 Å². The van der Waals surface area contributed by atoms with Crippen LogP contribution in [0.25, 0.3) is 0 Å². The first-order valence-corrected chi connectivity index (χ1v) is 4.10. The monoisotopic (exact) mass is 200 g/mol. The number of carboxylic acid groups (broad SMARTS) is 1. The van der Waals surface area contributed by atoms with E-state index < -0.39 is 5.97 Å². The fourth-order valence-corrected chi connectivity index (χ4v) is 0.918. The summed E-state index contributed by atoms with van der Waals surface area (Å²) in [5.41, 5.74) is 0. The Hall–Kier alpha value is 1.07. The van der Waals surface area contributed by atoms with Crippen molar-refractivity contribution in [2.24, 2.45) is 0 Å². The molecule has 3 nitrogen and oxygen atoms in total. The van der Waals surface area contributed by atoms with Gasteiger partial charge in [0.15, 0.2) is 0 Å². The Bertz CT molecular complexity index is 112. The molecule has 4 heteroatoms. The number of aliphatic hydroxyl groups excluding tert-OH is 1. The van der Waals surface area contributed by atoms with Gasteiger partial charge in [0.2, 0.25) is 0 Å². The summed E-state index contributed by atoms with van der Waals surface area (Å²) in [5.74, 6) is -0.716. The van der Waals surface area contributed by atoms with Crippen molar-refractivity contribution in [1.82, 2.24) is 0 Å². The maximum absolute atomic E-state index is 10.0. The number of unbranched alkanes of at least 4 members (excludes halogenated alkanes) is 4. The Balaban J connectivity index is -0.000000500. The summed E-state index contributed by atoms with van der Waals surface area (Å²) < 4.78 is 0. The molecular weight excluding hydrogens is 183 g/mol. The average Bonchev–Trinajstić information content (AvgIpc) is 1.96. The second kappa shape index (κ2) is 12.1. The summed E-state index contributed by atoms with van der Waals surface area (Å²) in [7, 11) is 0. The Kier molecular flexibility index (Phi) is 15.6. The standard InChI is InChI=1S/C8H16O3.K.H/c9-7-5-3-1-2-4-6-8(10)11;;/h9H,1-7H2,(H,10,11);;/q;+1;-1. The second-order valence-electron chi connectivity index (χ2n) is 2.64. The van der Waals surface area contributed by atoms with Crippen molar-refractivity contribution in [1.29, 1.82) is 0 Å². The zero-order chi connectivity index (χ0) is 8.53. The van der Waals surface area contributed by atoms with Crippen molar-refractivity contribution >= 4 is 5.97 Å². The fourth-order valence-electron chi connectivity index (χ4n) is 0.918. The van der Waals surface area contributed by atoms with Crippen molar-refractivity contribution in [2.45, 2.75) is 38.5 Å². The minimum absolute atomic E-state index is 0. The van der Waals surface area contributed by atoms with Gasteiger partial charge in [-0.2, -0.15) is 0 Å². The maximum atomic E-state index is 10.0. The quantitative estimate of drug-likeness (QED) is 0.389. The Morgan fingerprint density at radius 1 is 1.08 bits per heavy atom. The van der Waals surface area contributed by atoms with Crippen LogP contribution in [0.15, 0.2) is 0 Å². The molecule has 0 unspecified atom stereocenters. The van der Waals surface area contributed by atoms with Crippen LogP contribution in [0, 0.1) is 0 Å². The molecule has 0 fully saturated rings. The maximum Gasteiger partial charge on any atom is 1.00 e. The predicted octanol–water partition coefficient (Wildman–Crippen LogP) is -1.48. The minimum Gasteiger partial charge on any atom is -1.00 e. The van der Waals surface area contributed by atoms with Crippen LogP contribution in [0.1, 0.15) is 40.0 Å². The Morgan fingerprint density at radius 2 is 1.58 bits per heavy atom. The molecule has 0 heterocycles. The molecule has 0 radical (unpaired) electrons. The van der Waals surface area contributed by atoms with Crippen molar-refractivity contribution in [3.63, 3.8) is 0 Å². The zero-order valence-electron chi connectivity index (χ0n) is 8.75. The largest absolute Gasteiger partial charge is 1.00 e. The van der Waals surface area contributed by atoms with Crippen molar-refractivity contribution in [3.8, 4) is 0 Å². The van der Waals surface area contributed by atoms with Crippen LogP contribution in [0.2, 0.25) is 0 Å². The van der Waals surface area contributed by atoms with E-state index in [0.717, 1.165) is 32.1 Å². The normalized spacial score (nSPS) is 9.08. The SMILES string of the molecule is O=C(O)CCCCCCCO.[H-].[K+]. The molecule has 0 aliphatic carbocycles. The Morgan fingerprint density at radius 3 is 2.08 bits per heavy atom. The molecule has 0 saturated heterocycles. The van der Waals surface area contributed by atoms with Gasteiger partial charge in [0, 0.05) is 13.0 Å². The molecule has 0 saturated carbocycles. The molecule has 0 atom stereocenters. The van der Waals surface area contributed by atoms with E-state index in [9.17, 15) is 4.79 Å². The van der Waals surface area contributed by atoms with Gasteiger partial charge >= 0.3 is 57.4 Å². The summed E-state index contributed by atoms with van der Waals surface area (Å²) >= 11 is 0. The molecule has 0 aromatic carbocycles. The summed E-state index contributed by atoms with van der Waals surface area (Å²) in [6, 6.07) is 0. The topological polar surface area (TPSA) is 57.5 Å². The van der Waals surface area contributed by atoms with Crippen LogP contribution in [0.5, 0.6) is 0 Å². The third kappa shape index (κ3) is 13.6. The molecule has 0 spiro atoms. The summed E-state index contributed by atoms with van der Waals surface area (Å²) in [5, 5.41) is 16.7. The minimum atomic E-state index is -0.716.